The van der Waals surface area contributed by atoms with Gasteiger partial charge in [0, 0.05) is 35.2 Å². The maximum atomic E-state index is 8.42. The van der Waals surface area contributed by atoms with Crippen molar-refractivity contribution in [2.75, 3.05) is 0 Å². The molecule has 0 unspecified atom stereocenters. The van der Waals surface area contributed by atoms with Gasteiger partial charge in [-0.2, -0.15) is 0 Å². The summed E-state index contributed by atoms with van der Waals surface area (Å²) in [5.74, 6) is -1.38. The Balaban J connectivity index is 0.000000173. The molecule has 9 rings (SSSR count). The fraction of sp³-hybridized carbons (Fsp3) is 0.120. The Morgan fingerprint density at radius 3 is 1.68 bits per heavy atom. The maximum absolute atomic E-state index is 8.42. The van der Waals surface area contributed by atoms with Gasteiger partial charge in [0.15, 0.2) is 0 Å². The Labute approximate surface area is 331 Å². The SMILES string of the molecule is [2H]C(C)(C)c1ccnc(-c2[c-]cc3c(c2)c(-c2ccccc2)cc2ccccc23)c1.[2H]c1c([2H])c2ccccc2c2c[c-]c(-c3cc(C([2H])(C)C)ccn3)cc12.[Ir]. The monoisotopic (exact) mass is 865 g/mol. The van der Waals surface area contributed by atoms with Gasteiger partial charge < -0.3 is 9.97 Å². The second kappa shape index (κ2) is 15.6. The molecule has 1 radical (unpaired) electrons. The van der Waals surface area contributed by atoms with E-state index in [1.807, 2.05) is 94.4 Å². The zero-order valence-corrected chi connectivity index (χ0v) is 32.5. The number of hydrogen-bond acceptors (Lipinski definition) is 2. The number of benzene rings is 7. The number of aromatic nitrogens is 2. The summed E-state index contributed by atoms with van der Waals surface area (Å²) in [7, 11) is 0. The van der Waals surface area contributed by atoms with Crippen LogP contribution in [0.1, 0.15) is 56.1 Å². The molecule has 0 spiro atoms. The molecule has 2 heterocycles. The van der Waals surface area contributed by atoms with Crippen molar-refractivity contribution in [1.82, 2.24) is 9.97 Å². The van der Waals surface area contributed by atoms with E-state index < -0.39 is 11.8 Å². The van der Waals surface area contributed by atoms with Gasteiger partial charge in [-0.15, -0.1) is 52.9 Å². The Morgan fingerprint density at radius 1 is 0.509 bits per heavy atom. The second-order valence-corrected chi connectivity index (χ2v) is 13.5. The van der Waals surface area contributed by atoms with Crippen molar-refractivity contribution in [2.45, 2.75) is 39.5 Å². The average Bonchev–Trinajstić information content (AvgIpc) is 3.22. The minimum atomic E-state index is -0.709. The van der Waals surface area contributed by atoms with Gasteiger partial charge in [-0.05, 0) is 63.3 Å². The number of nitrogens with zero attached hydrogens (tertiary/aromatic N) is 2. The molecule has 0 saturated carbocycles. The van der Waals surface area contributed by atoms with Crippen LogP contribution in [0.4, 0.5) is 0 Å². The van der Waals surface area contributed by atoms with E-state index in [9.17, 15) is 0 Å². The van der Waals surface area contributed by atoms with Crippen molar-refractivity contribution in [3.05, 3.63) is 181 Å². The van der Waals surface area contributed by atoms with Crippen LogP contribution in [-0.2, 0) is 20.1 Å². The van der Waals surface area contributed by atoms with Crippen LogP contribution in [0.3, 0.4) is 0 Å². The predicted molar refractivity (Wildman–Crippen MR) is 221 cm³/mol. The minimum Gasteiger partial charge on any atom is -0.305 e. The first-order valence-corrected chi connectivity index (χ1v) is 17.6. The standard InChI is InChI=1S/C28H22N.C22H18N.Ir/c1-19(2)21-14-15-29-28(18-21)23-12-13-25-24-11-7-6-10-22(24)16-26(27(25)17-23)20-8-4-3-5-9-20;1-15(2)17-11-12-23-22(14-17)19-9-10-21-18(13-19)8-7-16-5-3-4-6-20(16)21;/h3-11,13-19H,1-2H3;3-8,10-15H,1-2H3;/q2*-1;/i19D;7D,8D,15D;. The smallest absolute Gasteiger partial charge is 0.0629 e. The molecule has 0 fully saturated rings. The zero-order valence-electron chi connectivity index (χ0n) is 34.1. The van der Waals surface area contributed by atoms with Crippen LogP contribution in [0.5, 0.6) is 0 Å². The predicted octanol–water partition coefficient (Wildman–Crippen LogP) is 13.6. The van der Waals surface area contributed by atoms with Crippen molar-refractivity contribution in [3.63, 3.8) is 0 Å². The molecule has 0 N–H and O–H groups in total. The Hall–Kier alpha value is -5.47. The normalized spacial score (nSPS) is 12.7. The van der Waals surface area contributed by atoms with E-state index in [1.54, 1.807) is 12.4 Å². The summed E-state index contributed by atoms with van der Waals surface area (Å²) in [5, 5.41) is 8.20. The number of rotatable bonds is 5. The maximum Gasteiger partial charge on any atom is 0.0629 e. The third-order valence-electron chi connectivity index (χ3n) is 9.60. The molecule has 0 aliphatic heterocycles. The van der Waals surface area contributed by atoms with E-state index >= 15 is 0 Å². The molecular weight excluding hydrogens is 821 g/mol. The molecule has 53 heavy (non-hydrogen) atoms. The van der Waals surface area contributed by atoms with Crippen molar-refractivity contribution in [3.8, 4) is 33.6 Å². The molecule has 0 atom stereocenters. The van der Waals surface area contributed by atoms with Gasteiger partial charge in [0.2, 0.25) is 0 Å². The van der Waals surface area contributed by atoms with Gasteiger partial charge in [0.25, 0.3) is 0 Å². The summed E-state index contributed by atoms with van der Waals surface area (Å²) in [6, 6.07) is 51.9. The summed E-state index contributed by atoms with van der Waals surface area (Å²) in [5.41, 5.74) is 7.51. The summed E-state index contributed by atoms with van der Waals surface area (Å²) >= 11 is 0. The molecule has 0 amide bonds. The van der Waals surface area contributed by atoms with E-state index in [4.69, 9.17) is 5.48 Å². The molecule has 0 saturated heterocycles. The molecular formula is C50H40IrN2-2. The van der Waals surface area contributed by atoms with Crippen molar-refractivity contribution < 1.29 is 25.6 Å². The molecule has 0 bridgehead atoms. The van der Waals surface area contributed by atoms with Crippen LogP contribution < -0.4 is 0 Å². The van der Waals surface area contributed by atoms with Gasteiger partial charge in [0.05, 0.1) is 2.74 Å². The first-order valence-electron chi connectivity index (χ1n) is 19.6. The van der Waals surface area contributed by atoms with Crippen LogP contribution in [0.25, 0.3) is 76.7 Å². The summed E-state index contributed by atoms with van der Waals surface area (Å²) < 4.78 is 33.3. The van der Waals surface area contributed by atoms with E-state index in [1.165, 1.54) is 32.7 Å². The first kappa shape index (κ1) is 31.1. The van der Waals surface area contributed by atoms with Crippen molar-refractivity contribution >= 4 is 43.1 Å². The Morgan fingerprint density at radius 2 is 1.04 bits per heavy atom. The zero-order chi connectivity index (χ0) is 39.2. The Kier molecular flexibility index (Phi) is 9.18. The fourth-order valence-corrected chi connectivity index (χ4v) is 6.75. The molecule has 261 valence electrons. The summed E-state index contributed by atoms with van der Waals surface area (Å²) in [6.07, 6.45) is 3.49. The second-order valence-electron chi connectivity index (χ2n) is 13.5. The first-order chi connectivity index (χ1) is 26.9. The third kappa shape index (κ3) is 7.42. The summed E-state index contributed by atoms with van der Waals surface area (Å²) in [6.45, 7) is 7.49. The molecule has 2 aromatic heterocycles. The largest absolute Gasteiger partial charge is 0.305 e. The quantitative estimate of drug-likeness (QED) is 0.127. The number of fused-ring (bicyclic) bond motifs is 6. The average molecular weight is 865 g/mol. The van der Waals surface area contributed by atoms with Crippen LogP contribution >= 0.6 is 0 Å². The minimum absolute atomic E-state index is 0. The van der Waals surface area contributed by atoms with Gasteiger partial charge in [-0.25, -0.2) is 0 Å². The molecule has 3 heteroatoms. The Bertz CT molecular complexity index is 2910. The van der Waals surface area contributed by atoms with E-state index in [0.29, 0.717) is 0 Å². The van der Waals surface area contributed by atoms with Gasteiger partial charge in [-0.3, -0.25) is 0 Å². The topological polar surface area (TPSA) is 25.8 Å². The third-order valence-corrected chi connectivity index (χ3v) is 9.60. The number of pyridine rings is 2. The molecule has 9 aromatic rings. The van der Waals surface area contributed by atoms with Crippen molar-refractivity contribution in [1.29, 1.82) is 0 Å². The van der Waals surface area contributed by atoms with Crippen LogP contribution in [0.2, 0.25) is 0 Å². The van der Waals surface area contributed by atoms with Crippen LogP contribution in [0.15, 0.2) is 158 Å². The molecule has 0 aliphatic carbocycles. The van der Waals surface area contributed by atoms with Crippen LogP contribution in [-0.4, -0.2) is 9.97 Å². The van der Waals surface area contributed by atoms with E-state index in [0.717, 1.165) is 55.2 Å². The van der Waals surface area contributed by atoms with Crippen molar-refractivity contribution in [2.24, 2.45) is 0 Å². The number of hydrogen-bond donors (Lipinski definition) is 0. The van der Waals surface area contributed by atoms with E-state index in [-0.39, 0.29) is 32.2 Å². The fourth-order valence-electron chi connectivity index (χ4n) is 6.75. The molecule has 7 aromatic carbocycles. The van der Waals surface area contributed by atoms with Crippen LogP contribution in [0, 0.1) is 12.1 Å². The molecule has 0 aliphatic rings. The summed E-state index contributed by atoms with van der Waals surface area (Å²) in [4.78, 5) is 9.00. The van der Waals surface area contributed by atoms with Gasteiger partial charge >= 0.3 is 0 Å². The molecule has 2 nitrogen and oxygen atoms in total. The van der Waals surface area contributed by atoms with Gasteiger partial charge in [-0.1, -0.05) is 169 Å². The van der Waals surface area contributed by atoms with E-state index in [2.05, 4.69) is 88.8 Å². The van der Waals surface area contributed by atoms with Gasteiger partial charge in [0.1, 0.15) is 0 Å².